The van der Waals surface area contributed by atoms with Crippen LogP contribution in [0.1, 0.15) is 64.2 Å². The molecule has 1 aliphatic heterocycles. The van der Waals surface area contributed by atoms with Crippen LogP contribution in [0.2, 0.25) is 23.2 Å². The van der Waals surface area contributed by atoms with Crippen LogP contribution >= 0.6 is 34.2 Å². The fourth-order valence-electron chi connectivity index (χ4n) is 6.64. The number of hydrogen-bond acceptors (Lipinski definition) is 3. The van der Waals surface area contributed by atoms with Gasteiger partial charge in [0.15, 0.2) is 13.9 Å². The van der Waals surface area contributed by atoms with Crippen molar-refractivity contribution in [1.82, 2.24) is 4.90 Å². The van der Waals surface area contributed by atoms with E-state index < -0.39 is 37.4 Å². The van der Waals surface area contributed by atoms with Crippen LogP contribution in [0.4, 0.5) is 23.2 Å². The molecule has 2 aromatic carbocycles. The summed E-state index contributed by atoms with van der Waals surface area (Å²) in [5.41, 5.74) is -3.87. The Labute approximate surface area is 260 Å². The van der Waals surface area contributed by atoms with Crippen molar-refractivity contribution < 1.29 is 26.8 Å². The quantitative estimate of drug-likeness (QED) is 0.132. The number of anilines is 1. The molecule has 0 spiro atoms. The molecule has 1 atom stereocenters. The molecule has 11 heteroatoms. The molecule has 4 rings (SSSR count). The van der Waals surface area contributed by atoms with Gasteiger partial charge in [-0.3, -0.25) is 4.79 Å². The Hall–Kier alpha value is -1.21. The van der Waals surface area contributed by atoms with Gasteiger partial charge >= 0.3 is 6.18 Å². The topological polar surface area (TPSA) is 32.8 Å². The largest absolute Gasteiger partial charge is 0.416 e. The maximum absolute atomic E-state index is 15.9. The second-order valence-electron chi connectivity index (χ2n) is 11.1. The minimum absolute atomic E-state index is 0.0991. The molecule has 0 aromatic heterocycles. The van der Waals surface area contributed by atoms with Gasteiger partial charge in [0.25, 0.3) is 5.91 Å². The van der Waals surface area contributed by atoms with Crippen LogP contribution in [0, 0.1) is 15.3 Å². The Balaban J connectivity index is 1.99. The molecule has 1 amide bonds. The molecule has 0 radical (unpaired) electrons. The highest BCUT2D eigenvalue weighted by molar-refractivity contribution is 14.1. The molecule has 1 fully saturated rings. The van der Waals surface area contributed by atoms with E-state index in [1.54, 1.807) is 6.07 Å². The Morgan fingerprint density at radius 1 is 1.07 bits per heavy atom. The third kappa shape index (κ3) is 5.72. The molecule has 0 bridgehead atoms. The summed E-state index contributed by atoms with van der Waals surface area (Å²) in [6, 6.07) is 8.58. The Morgan fingerprint density at radius 3 is 2.20 bits per heavy atom. The summed E-state index contributed by atoms with van der Waals surface area (Å²) in [7, 11) is -2.84. The first-order valence-electron chi connectivity index (χ1n) is 14.4. The van der Waals surface area contributed by atoms with Crippen LogP contribution in [-0.4, -0.2) is 44.8 Å². The number of benzene rings is 2. The fraction of sp³-hybridized carbons (Fsp3) is 0.567. The Morgan fingerprint density at radius 2 is 1.68 bits per heavy atom. The number of fused-ring (bicyclic) bond motifs is 1. The Bertz CT molecular complexity index is 1250. The zero-order valence-electron chi connectivity index (χ0n) is 24.2. The lowest BCUT2D eigenvalue weighted by Gasteiger charge is -2.44. The molecular formula is C30H38ClF4IN2O2Si. The van der Waals surface area contributed by atoms with E-state index >= 15 is 4.39 Å². The van der Waals surface area contributed by atoms with Gasteiger partial charge in [0, 0.05) is 21.7 Å². The monoisotopic (exact) mass is 724 g/mol. The zero-order chi connectivity index (χ0) is 30.3. The SMILES string of the molecule is CCN(CC)C1CC(CN2C(=O)C(O[Si](CC)(CC)CC)(c3c(F)cccc3Cl)c3c2cc(I)cc3C(F)(F)F)C1. The van der Waals surface area contributed by atoms with Gasteiger partial charge < -0.3 is 14.2 Å². The third-order valence-corrected chi connectivity index (χ3v) is 14.7. The summed E-state index contributed by atoms with van der Waals surface area (Å²) in [5, 5.41) is -0.130. The van der Waals surface area contributed by atoms with Gasteiger partial charge in [-0.05, 0) is 96.8 Å². The number of carbonyl (C=O) groups excluding carboxylic acids is 1. The second-order valence-corrected chi connectivity index (χ2v) is 17.4. The van der Waals surface area contributed by atoms with Gasteiger partial charge in [-0.25, -0.2) is 4.39 Å². The van der Waals surface area contributed by atoms with Crippen molar-refractivity contribution in [1.29, 1.82) is 0 Å². The van der Waals surface area contributed by atoms with E-state index in [9.17, 15) is 18.0 Å². The van der Waals surface area contributed by atoms with Crippen LogP contribution in [0.3, 0.4) is 0 Å². The average molecular weight is 725 g/mol. The minimum Gasteiger partial charge on any atom is -0.396 e. The molecule has 4 nitrogen and oxygen atoms in total. The second kappa shape index (κ2) is 12.4. The van der Waals surface area contributed by atoms with Crippen molar-refractivity contribution in [3.63, 3.8) is 0 Å². The Kier molecular flexibility index (Phi) is 9.90. The molecule has 1 unspecified atom stereocenters. The van der Waals surface area contributed by atoms with Crippen LogP contribution in [0.15, 0.2) is 30.3 Å². The first-order chi connectivity index (χ1) is 19.3. The lowest BCUT2D eigenvalue weighted by atomic mass is 9.78. The predicted molar refractivity (Wildman–Crippen MR) is 166 cm³/mol. The maximum Gasteiger partial charge on any atom is 0.416 e. The average Bonchev–Trinajstić information content (AvgIpc) is 3.12. The van der Waals surface area contributed by atoms with Crippen molar-refractivity contribution in [2.24, 2.45) is 5.92 Å². The van der Waals surface area contributed by atoms with Crippen LogP contribution in [0.25, 0.3) is 0 Å². The van der Waals surface area contributed by atoms with Crippen molar-refractivity contribution in [2.75, 3.05) is 24.5 Å². The van der Waals surface area contributed by atoms with E-state index in [4.69, 9.17) is 16.0 Å². The number of nitrogens with zero attached hydrogens (tertiary/aromatic N) is 2. The van der Waals surface area contributed by atoms with Crippen molar-refractivity contribution in [2.45, 2.75) is 83.4 Å². The standard InChI is InChI=1S/C30H38ClF4IN2O2Si/c1-6-37(7-2)21-14-19(15-21)18-38-25-17-20(36)16-22(30(33,34)35)26(25)29(28(38)39,40-41(8-3,9-4)10-5)27-23(31)12-11-13-24(27)32/h11-13,16-17,19,21H,6-10,14-15,18H2,1-5H3. The summed E-state index contributed by atoms with van der Waals surface area (Å²) in [4.78, 5) is 18.6. The highest BCUT2D eigenvalue weighted by Crippen LogP contribution is 2.56. The number of rotatable bonds is 11. The van der Waals surface area contributed by atoms with Gasteiger partial charge in [0.05, 0.1) is 21.8 Å². The molecular weight excluding hydrogens is 687 g/mol. The molecule has 226 valence electrons. The van der Waals surface area contributed by atoms with Crippen LogP contribution < -0.4 is 4.90 Å². The lowest BCUT2D eigenvalue weighted by Crippen LogP contribution is -2.54. The number of hydrogen-bond donors (Lipinski definition) is 0. The van der Waals surface area contributed by atoms with E-state index in [2.05, 4.69) is 18.7 Å². The molecule has 2 aliphatic rings. The molecule has 1 aliphatic carbocycles. The van der Waals surface area contributed by atoms with Crippen LogP contribution in [-0.2, 0) is 21.0 Å². The molecule has 2 aromatic rings. The summed E-state index contributed by atoms with van der Waals surface area (Å²) in [6.45, 7) is 12.0. The zero-order valence-corrected chi connectivity index (χ0v) is 28.1. The number of amides is 1. The van der Waals surface area contributed by atoms with Crippen molar-refractivity contribution in [3.05, 3.63) is 61.4 Å². The van der Waals surface area contributed by atoms with E-state index in [-0.39, 0.29) is 34.3 Å². The number of carbonyl (C=O) groups is 1. The first-order valence-corrected chi connectivity index (χ1v) is 18.4. The summed E-state index contributed by atoms with van der Waals surface area (Å²) >= 11 is 8.45. The van der Waals surface area contributed by atoms with Gasteiger partial charge in [-0.1, -0.05) is 52.3 Å². The molecule has 1 saturated carbocycles. The van der Waals surface area contributed by atoms with E-state index in [1.165, 1.54) is 17.0 Å². The lowest BCUT2D eigenvalue weighted by molar-refractivity contribution is -0.141. The highest BCUT2D eigenvalue weighted by Gasteiger charge is 2.62. The van der Waals surface area contributed by atoms with E-state index in [1.807, 2.05) is 43.4 Å². The summed E-state index contributed by atoms with van der Waals surface area (Å²) in [6.07, 6.45) is -3.14. The maximum atomic E-state index is 15.9. The van der Waals surface area contributed by atoms with Gasteiger partial charge in [-0.2, -0.15) is 13.2 Å². The number of halogens is 6. The minimum atomic E-state index is -4.81. The molecule has 0 saturated heterocycles. The van der Waals surface area contributed by atoms with E-state index in [0.29, 0.717) is 27.7 Å². The normalized spacial score (nSPS) is 22.8. The molecule has 1 heterocycles. The number of alkyl halides is 3. The van der Waals surface area contributed by atoms with Gasteiger partial charge in [0.2, 0.25) is 0 Å². The van der Waals surface area contributed by atoms with E-state index in [0.717, 1.165) is 38.1 Å². The van der Waals surface area contributed by atoms with Gasteiger partial charge in [-0.15, -0.1) is 0 Å². The molecule has 41 heavy (non-hydrogen) atoms. The predicted octanol–water partition coefficient (Wildman–Crippen LogP) is 8.83. The molecule has 0 N–H and O–H groups in total. The van der Waals surface area contributed by atoms with Crippen molar-refractivity contribution >= 4 is 54.1 Å². The fourth-order valence-corrected chi connectivity index (χ4v) is 10.4. The van der Waals surface area contributed by atoms with Crippen molar-refractivity contribution in [3.8, 4) is 0 Å². The summed E-state index contributed by atoms with van der Waals surface area (Å²) in [5.74, 6) is -1.45. The van der Waals surface area contributed by atoms with Gasteiger partial charge in [0.1, 0.15) is 5.82 Å². The van der Waals surface area contributed by atoms with Crippen LogP contribution in [0.5, 0.6) is 0 Å². The highest BCUT2D eigenvalue weighted by atomic mass is 127. The third-order valence-electron chi connectivity index (χ3n) is 9.17. The smallest absolute Gasteiger partial charge is 0.396 e. The first kappa shape index (κ1) is 32.7. The summed E-state index contributed by atoms with van der Waals surface area (Å²) < 4.78 is 67.7.